The zero-order valence-electron chi connectivity index (χ0n) is 32.4. The summed E-state index contributed by atoms with van der Waals surface area (Å²) in [6.07, 6.45) is 0. The highest BCUT2D eigenvalue weighted by molar-refractivity contribution is 9.10. The number of hydrogen-bond acceptors (Lipinski definition) is 9. The lowest BCUT2D eigenvalue weighted by Gasteiger charge is -2.24. The first-order chi connectivity index (χ1) is 27.3. The SMILES string of the molecule is COc1ccc(CN(Cc2ccc(OC)cc2)c2cccc(Br)n2)cc1.COc1ccc(CN(Cc2ccc(OC)cc2)c2cccc(C#N)n2)cc1.[2H]CF. The summed E-state index contributed by atoms with van der Waals surface area (Å²) in [5.41, 5.74) is 5.06. The van der Waals surface area contributed by atoms with Gasteiger partial charge < -0.3 is 28.7 Å². The second-order valence-corrected chi connectivity index (χ2v) is 12.7. The molecule has 9 nitrogen and oxygen atoms in total. The number of nitriles is 1. The Morgan fingerprint density at radius 1 is 0.545 bits per heavy atom. The number of hydrogen-bond donors (Lipinski definition) is 0. The second-order valence-electron chi connectivity index (χ2n) is 11.9. The molecule has 0 aliphatic heterocycles. The molecule has 0 saturated carbocycles. The topological polar surface area (TPSA) is 93.0 Å². The number of aromatic nitrogens is 2. The largest absolute Gasteiger partial charge is 0.497 e. The first-order valence-electron chi connectivity index (χ1n) is 17.9. The van der Waals surface area contributed by atoms with Crippen molar-refractivity contribution in [3.63, 3.8) is 0 Å². The van der Waals surface area contributed by atoms with E-state index >= 15 is 0 Å². The van der Waals surface area contributed by atoms with E-state index in [0.717, 1.165) is 63.5 Å². The van der Waals surface area contributed by atoms with Crippen LogP contribution in [0.25, 0.3) is 0 Å². The van der Waals surface area contributed by atoms with Crippen LogP contribution in [0.4, 0.5) is 16.0 Å². The first kappa shape index (κ1) is 40.1. The highest BCUT2D eigenvalue weighted by Gasteiger charge is 2.13. The van der Waals surface area contributed by atoms with Crippen molar-refractivity contribution >= 4 is 27.6 Å². The van der Waals surface area contributed by atoms with Gasteiger partial charge in [-0.05, 0) is 111 Å². The Hall–Kier alpha value is -6.12. The zero-order chi connectivity index (χ0) is 40.1. The van der Waals surface area contributed by atoms with Gasteiger partial charge in [-0.15, -0.1) is 0 Å². The van der Waals surface area contributed by atoms with Crippen molar-refractivity contribution in [3.8, 4) is 29.1 Å². The molecule has 0 spiro atoms. The van der Waals surface area contributed by atoms with E-state index < -0.39 is 7.15 Å². The molecule has 2 heterocycles. The van der Waals surface area contributed by atoms with E-state index in [4.69, 9.17) is 20.3 Å². The van der Waals surface area contributed by atoms with Crippen LogP contribution < -0.4 is 28.7 Å². The summed E-state index contributed by atoms with van der Waals surface area (Å²) in [7, 11) is 5.66. The molecule has 0 N–H and O–H groups in total. The molecular formula is C44H45BrFN5O4. The van der Waals surface area contributed by atoms with E-state index in [1.165, 1.54) is 11.1 Å². The fourth-order valence-electron chi connectivity index (χ4n) is 5.48. The molecule has 0 atom stereocenters. The molecule has 0 unspecified atom stereocenters. The smallest absolute Gasteiger partial charge is 0.142 e. The highest BCUT2D eigenvalue weighted by Crippen LogP contribution is 2.24. The number of halogens is 2. The number of ether oxygens (including phenoxy) is 4. The molecule has 0 bridgehead atoms. The van der Waals surface area contributed by atoms with Crippen LogP contribution >= 0.6 is 15.9 Å². The van der Waals surface area contributed by atoms with Gasteiger partial charge in [-0.2, -0.15) is 5.26 Å². The number of nitrogens with zero attached hydrogens (tertiary/aromatic N) is 5. The van der Waals surface area contributed by atoms with Crippen molar-refractivity contribution in [2.75, 3.05) is 45.4 Å². The lowest BCUT2D eigenvalue weighted by molar-refractivity contribution is 0.414. The van der Waals surface area contributed by atoms with Crippen LogP contribution in [0, 0.1) is 11.3 Å². The average molecular weight is 808 g/mol. The van der Waals surface area contributed by atoms with Gasteiger partial charge in [0, 0.05) is 26.2 Å². The summed E-state index contributed by atoms with van der Waals surface area (Å²) in [5.74, 6) is 5.05. The molecule has 6 aromatic rings. The maximum absolute atomic E-state index is 9.96. The van der Waals surface area contributed by atoms with Crippen LogP contribution in [-0.4, -0.2) is 45.6 Å². The van der Waals surface area contributed by atoms with Gasteiger partial charge >= 0.3 is 0 Å². The molecule has 0 amide bonds. The van der Waals surface area contributed by atoms with E-state index in [9.17, 15) is 9.65 Å². The van der Waals surface area contributed by atoms with Gasteiger partial charge in [0.05, 0.1) is 37.0 Å². The zero-order valence-corrected chi connectivity index (χ0v) is 32.9. The summed E-state index contributed by atoms with van der Waals surface area (Å²) in [6.45, 7) is 2.83. The number of pyridine rings is 2. The standard InChI is InChI=1S/C22H21N3O2.C21H21BrN2O2.CH3F/c1-26-20-10-6-17(7-11-20)15-25(22-5-3-4-19(14-23)24-22)16-18-8-12-21(27-2)13-9-18;1-25-18-10-6-16(7-11-18)14-24(21-5-3-4-20(22)23-21)15-17-8-12-19(26-2)13-9-17;1-2/h3-13H,15-16H2,1-2H3;3-13H,14-15H2,1-2H3;1H3/i;;1D. The predicted octanol–water partition coefficient (Wildman–Crippen LogP) is 9.83. The summed E-state index contributed by atoms with van der Waals surface area (Å²) in [5, 5.41) is 9.18. The van der Waals surface area contributed by atoms with Gasteiger partial charge in [-0.25, -0.2) is 9.97 Å². The fourth-order valence-corrected chi connectivity index (χ4v) is 5.81. The van der Waals surface area contributed by atoms with Crippen LogP contribution in [0.3, 0.4) is 0 Å². The van der Waals surface area contributed by atoms with Crippen molar-refractivity contribution in [2.45, 2.75) is 26.2 Å². The Balaban J connectivity index is 0.000000233. The van der Waals surface area contributed by atoms with E-state index in [-0.39, 0.29) is 0 Å². The van der Waals surface area contributed by atoms with Crippen LogP contribution in [-0.2, 0) is 26.2 Å². The van der Waals surface area contributed by atoms with Gasteiger partial charge in [0.2, 0.25) is 0 Å². The Bertz CT molecular complexity index is 1990. The van der Waals surface area contributed by atoms with Crippen molar-refractivity contribution in [1.29, 1.82) is 5.26 Å². The number of methoxy groups -OCH3 is 4. The third-order valence-electron chi connectivity index (χ3n) is 8.33. The fraction of sp³-hybridized carbons (Fsp3) is 0.205. The Labute approximate surface area is 333 Å². The molecule has 55 heavy (non-hydrogen) atoms. The highest BCUT2D eigenvalue weighted by atomic mass is 79.9. The third-order valence-corrected chi connectivity index (χ3v) is 8.77. The molecular weight excluding hydrogens is 761 g/mol. The second kappa shape index (κ2) is 22.2. The Morgan fingerprint density at radius 3 is 1.15 bits per heavy atom. The Kier molecular flexibility index (Phi) is 16.2. The minimum Gasteiger partial charge on any atom is -0.497 e. The minimum atomic E-state index is -1.00. The number of anilines is 2. The number of alkyl halides is 1. The van der Waals surface area contributed by atoms with E-state index in [0.29, 0.717) is 18.8 Å². The third kappa shape index (κ3) is 13.1. The van der Waals surface area contributed by atoms with Crippen molar-refractivity contribution in [2.24, 2.45) is 0 Å². The molecule has 0 saturated heterocycles. The van der Waals surface area contributed by atoms with Gasteiger partial charge in [0.1, 0.15) is 51.0 Å². The molecule has 0 aliphatic rings. The summed E-state index contributed by atoms with van der Waals surface area (Å²) in [6, 6.07) is 45.7. The number of benzene rings is 4. The quantitative estimate of drug-likeness (QED) is 0.0998. The maximum Gasteiger partial charge on any atom is 0.142 e. The normalized spacial score (nSPS) is 10.2. The molecule has 0 aliphatic carbocycles. The maximum atomic E-state index is 9.96. The predicted molar refractivity (Wildman–Crippen MR) is 220 cm³/mol. The summed E-state index contributed by atoms with van der Waals surface area (Å²) >= 11 is 3.47. The van der Waals surface area contributed by atoms with Gasteiger partial charge in [0.25, 0.3) is 0 Å². The summed E-state index contributed by atoms with van der Waals surface area (Å²) in [4.78, 5) is 13.5. The average Bonchev–Trinajstić information content (AvgIpc) is 3.25. The van der Waals surface area contributed by atoms with E-state index in [1.54, 1.807) is 34.5 Å². The molecule has 0 radical (unpaired) electrons. The van der Waals surface area contributed by atoms with Crippen LogP contribution in [0.1, 0.15) is 29.3 Å². The lowest BCUT2D eigenvalue weighted by atomic mass is 10.1. The first-order valence-corrected chi connectivity index (χ1v) is 18.0. The molecule has 284 valence electrons. The van der Waals surface area contributed by atoms with E-state index in [1.807, 2.05) is 103 Å². The van der Waals surface area contributed by atoms with Gasteiger partial charge in [-0.3, -0.25) is 4.39 Å². The molecule has 11 heteroatoms. The Morgan fingerprint density at radius 2 is 0.855 bits per heavy atom. The van der Waals surface area contributed by atoms with Crippen molar-refractivity contribution in [3.05, 3.63) is 166 Å². The van der Waals surface area contributed by atoms with Crippen molar-refractivity contribution < 1.29 is 24.7 Å². The minimum absolute atomic E-state index is 0.405. The molecule has 6 rings (SSSR count). The van der Waals surface area contributed by atoms with Crippen LogP contribution in [0.2, 0.25) is 0 Å². The van der Waals surface area contributed by atoms with Crippen LogP contribution in [0.15, 0.2) is 138 Å². The monoisotopic (exact) mass is 806 g/mol. The number of rotatable bonds is 14. The molecule has 2 aromatic heterocycles. The van der Waals surface area contributed by atoms with Gasteiger partial charge in [0.15, 0.2) is 0 Å². The summed E-state index contributed by atoms with van der Waals surface area (Å²) < 4.78 is 37.3. The van der Waals surface area contributed by atoms with Crippen molar-refractivity contribution in [1.82, 2.24) is 9.97 Å². The van der Waals surface area contributed by atoms with E-state index in [2.05, 4.69) is 66.0 Å². The lowest BCUT2D eigenvalue weighted by Crippen LogP contribution is -2.23. The molecule has 0 fully saturated rings. The van der Waals surface area contributed by atoms with Gasteiger partial charge in [-0.1, -0.05) is 60.7 Å². The molecule has 4 aromatic carbocycles. The van der Waals surface area contributed by atoms with Crippen LogP contribution in [0.5, 0.6) is 23.0 Å².